The van der Waals surface area contributed by atoms with Gasteiger partial charge in [0.1, 0.15) is 0 Å². The summed E-state index contributed by atoms with van der Waals surface area (Å²) >= 11 is 0. The highest BCUT2D eigenvalue weighted by Crippen LogP contribution is 2.23. The summed E-state index contributed by atoms with van der Waals surface area (Å²) in [5, 5.41) is 9.08. The van der Waals surface area contributed by atoms with E-state index in [0.717, 1.165) is 4.90 Å². The molecule has 4 heteroatoms. The lowest BCUT2D eigenvalue weighted by Gasteiger charge is -2.16. The molecule has 1 heterocycles. The van der Waals surface area contributed by atoms with Gasteiger partial charge in [0, 0.05) is 17.7 Å². The molecule has 1 aliphatic rings. The number of hydrogen-bond donors (Lipinski definition) is 1. The second-order valence-electron chi connectivity index (χ2n) is 3.13. The van der Waals surface area contributed by atoms with E-state index in [1.165, 1.54) is 12.2 Å². The van der Waals surface area contributed by atoms with Crippen LogP contribution in [0, 0.1) is 0 Å². The van der Waals surface area contributed by atoms with Crippen LogP contribution in [-0.4, -0.2) is 16.9 Å². The van der Waals surface area contributed by atoms with Crippen LogP contribution in [0.25, 0.3) is 0 Å². The van der Waals surface area contributed by atoms with Gasteiger partial charge in [-0.2, -0.15) is 0 Å². The monoisotopic (exact) mass is 203 g/mol. The number of hydrogen-bond acceptors (Lipinski definition) is 3. The predicted octanol–water partition coefficient (Wildman–Crippen LogP) is 0.608. The van der Waals surface area contributed by atoms with Gasteiger partial charge in [-0.25, -0.2) is 4.90 Å². The van der Waals surface area contributed by atoms with Gasteiger partial charge in [-0.15, -0.1) is 0 Å². The summed E-state index contributed by atoms with van der Waals surface area (Å²) in [5.41, 5.74) is 1.00. The van der Waals surface area contributed by atoms with E-state index in [4.69, 9.17) is 5.11 Å². The van der Waals surface area contributed by atoms with Gasteiger partial charge in [0.2, 0.25) is 0 Å². The van der Waals surface area contributed by atoms with E-state index in [0.29, 0.717) is 11.3 Å². The Morgan fingerprint density at radius 2 is 1.67 bits per heavy atom. The normalized spacial score (nSPS) is 15.1. The summed E-state index contributed by atoms with van der Waals surface area (Å²) in [5.74, 6) is -0.748. The minimum Gasteiger partial charge on any atom is -0.392 e. The Morgan fingerprint density at radius 1 is 1.07 bits per heavy atom. The van der Waals surface area contributed by atoms with Crippen molar-refractivity contribution >= 4 is 17.5 Å². The van der Waals surface area contributed by atoms with Crippen molar-refractivity contribution in [3.8, 4) is 0 Å². The molecule has 0 bridgehead atoms. The number of carbonyl (C=O) groups excluding carboxylic acids is 2. The molecule has 0 fully saturated rings. The van der Waals surface area contributed by atoms with E-state index in [1.54, 1.807) is 24.3 Å². The molecule has 1 N–H and O–H groups in total. The Balaban J connectivity index is 2.45. The first-order valence-electron chi connectivity index (χ1n) is 4.49. The molecule has 2 rings (SSSR count). The molecule has 2 amide bonds. The maximum atomic E-state index is 11.4. The van der Waals surface area contributed by atoms with Crippen molar-refractivity contribution in [3.63, 3.8) is 0 Å². The lowest BCUT2D eigenvalue weighted by Crippen LogP contribution is -2.30. The summed E-state index contributed by atoms with van der Waals surface area (Å²) in [6.07, 6.45) is 2.44. The molecule has 0 saturated heterocycles. The van der Waals surface area contributed by atoms with Crippen LogP contribution in [0.15, 0.2) is 36.4 Å². The summed E-state index contributed by atoms with van der Waals surface area (Å²) in [6.45, 7) is -0.201. The van der Waals surface area contributed by atoms with E-state index < -0.39 is 0 Å². The van der Waals surface area contributed by atoms with Gasteiger partial charge in [-0.05, 0) is 6.07 Å². The van der Waals surface area contributed by atoms with Gasteiger partial charge in [0.25, 0.3) is 11.8 Å². The van der Waals surface area contributed by atoms with E-state index in [-0.39, 0.29) is 18.4 Å². The topological polar surface area (TPSA) is 57.6 Å². The van der Waals surface area contributed by atoms with Crippen molar-refractivity contribution in [3.05, 3.63) is 42.0 Å². The van der Waals surface area contributed by atoms with Gasteiger partial charge in [-0.3, -0.25) is 9.59 Å². The van der Waals surface area contributed by atoms with Crippen LogP contribution in [0.1, 0.15) is 5.56 Å². The van der Waals surface area contributed by atoms with Crippen LogP contribution in [0.3, 0.4) is 0 Å². The zero-order chi connectivity index (χ0) is 10.8. The molecule has 1 aromatic rings. The molecule has 0 saturated carbocycles. The number of carbonyl (C=O) groups is 2. The van der Waals surface area contributed by atoms with Crippen molar-refractivity contribution in [2.75, 3.05) is 4.90 Å². The first-order chi connectivity index (χ1) is 7.24. The largest absolute Gasteiger partial charge is 0.392 e. The summed E-state index contributed by atoms with van der Waals surface area (Å²) in [7, 11) is 0. The third-order valence-corrected chi connectivity index (χ3v) is 2.21. The minimum absolute atomic E-state index is 0.201. The molecular formula is C11H9NO3. The highest BCUT2D eigenvalue weighted by Gasteiger charge is 2.26. The fraction of sp³-hybridized carbons (Fsp3) is 0.0909. The third kappa shape index (κ3) is 1.55. The first-order valence-corrected chi connectivity index (χ1v) is 4.49. The molecule has 15 heavy (non-hydrogen) atoms. The van der Waals surface area contributed by atoms with Crippen LogP contribution in [-0.2, 0) is 16.2 Å². The number of rotatable bonds is 2. The van der Waals surface area contributed by atoms with Crippen LogP contribution in [0.4, 0.5) is 5.69 Å². The zero-order valence-electron chi connectivity index (χ0n) is 7.88. The standard InChI is InChI=1S/C11H9NO3/c13-7-8-3-1-2-4-9(8)12-10(14)5-6-11(12)15/h1-6,13H,7H2. The van der Waals surface area contributed by atoms with Crippen LogP contribution in [0.2, 0.25) is 0 Å². The molecule has 0 radical (unpaired) electrons. The van der Waals surface area contributed by atoms with E-state index >= 15 is 0 Å². The lowest BCUT2D eigenvalue weighted by molar-refractivity contribution is -0.119. The quantitative estimate of drug-likeness (QED) is 0.716. The van der Waals surface area contributed by atoms with E-state index in [9.17, 15) is 9.59 Å². The Labute approximate surface area is 86.4 Å². The highest BCUT2D eigenvalue weighted by molar-refractivity contribution is 6.28. The summed E-state index contributed by atoms with van der Waals surface area (Å²) < 4.78 is 0. The second kappa shape index (κ2) is 3.67. The van der Waals surface area contributed by atoms with Crippen LogP contribution < -0.4 is 4.90 Å². The van der Waals surface area contributed by atoms with Crippen molar-refractivity contribution in [1.82, 2.24) is 0 Å². The van der Waals surface area contributed by atoms with Crippen molar-refractivity contribution < 1.29 is 14.7 Å². The molecule has 0 atom stereocenters. The lowest BCUT2D eigenvalue weighted by atomic mass is 10.1. The number of benzene rings is 1. The minimum atomic E-state index is -0.374. The SMILES string of the molecule is O=C1C=CC(=O)N1c1ccccc1CO. The van der Waals surface area contributed by atoms with Gasteiger partial charge < -0.3 is 5.11 Å². The fourth-order valence-corrected chi connectivity index (χ4v) is 1.50. The average Bonchev–Trinajstić information content (AvgIpc) is 2.59. The van der Waals surface area contributed by atoms with E-state index in [2.05, 4.69) is 0 Å². The third-order valence-electron chi connectivity index (χ3n) is 2.21. The zero-order valence-corrected chi connectivity index (χ0v) is 7.88. The molecule has 4 nitrogen and oxygen atoms in total. The van der Waals surface area contributed by atoms with Crippen molar-refractivity contribution in [2.45, 2.75) is 6.61 Å². The Morgan fingerprint density at radius 3 is 2.27 bits per heavy atom. The number of anilines is 1. The van der Waals surface area contributed by atoms with Gasteiger partial charge in [-0.1, -0.05) is 18.2 Å². The molecule has 0 aliphatic carbocycles. The number of aliphatic hydroxyl groups excluding tert-OH is 1. The van der Waals surface area contributed by atoms with Crippen molar-refractivity contribution in [1.29, 1.82) is 0 Å². The second-order valence-corrected chi connectivity index (χ2v) is 3.13. The molecule has 0 spiro atoms. The smallest absolute Gasteiger partial charge is 0.258 e. The van der Waals surface area contributed by atoms with Crippen molar-refractivity contribution in [2.24, 2.45) is 0 Å². The van der Waals surface area contributed by atoms with Gasteiger partial charge in [0.05, 0.1) is 12.3 Å². The van der Waals surface area contributed by atoms with Gasteiger partial charge >= 0.3 is 0 Å². The number of para-hydroxylation sites is 1. The predicted molar refractivity (Wildman–Crippen MR) is 54.0 cm³/mol. The average molecular weight is 203 g/mol. The molecule has 1 aromatic carbocycles. The summed E-state index contributed by atoms with van der Waals surface area (Å²) in [6, 6.07) is 6.77. The molecule has 1 aliphatic heterocycles. The molecular weight excluding hydrogens is 194 g/mol. The Kier molecular flexibility index (Phi) is 2.35. The summed E-state index contributed by atoms with van der Waals surface area (Å²) in [4.78, 5) is 23.8. The number of aliphatic hydroxyl groups is 1. The van der Waals surface area contributed by atoms with Crippen LogP contribution in [0.5, 0.6) is 0 Å². The molecule has 76 valence electrons. The van der Waals surface area contributed by atoms with Crippen LogP contribution >= 0.6 is 0 Å². The Bertz CT molecular complexity index is 433. The fourth-order valence-electron chi connectivity index (χ4n) is 1.50. The van der Waals surface area contributed by atoms with E-state index in [1.807, 2.05) is 0 Å². The number of imide groups is 1. The number of nitrogens with zero attached hydrogens (tertiary/aromatic N) is 1. The molecule has 0 aromatic heterocycles. The van der Waals surface area contributed by atoms with Gasteiger partial charge in [0.15, 0.2) is 0 Å². The maximum absolute atomic E-state index is 11.4. The highest BCUT2D eigenvalue weighted by atomic mass is 16.3. The Hall–Kier alpha value is -1.94. The molecule has 0 unspecified atom stereocenters. The number of amides is 2. The first kappa shape index (κ1) is 9.61. The maximum Gasteiger partial charge on any atom is 0.258 e.